The van der Waals surface area contributed by atoms with E-state index in [1.165, 1.54) is 18.2 Å². The van der Waals surface area contributed by atoms with Crippen molar-refractivity contribution in [2.75, 3.05) is 19.6 Å². The van der Waals surface area contributed by atoms with Crippen LogP contribution in [0, 0.1) is 11.3 Å². The number of halogens is 6. The largest absolute Gasteiger partial charge is 0.349 e. The molecule has 1 aliphatic heterocycles. The highest BCUT2D eigenvalue weighted by atomic mass is 79.9. The van der Waals surface area contributed by atoms with Gasteiger partial charge in [-0.2, -0.15) is 5.26 Å². The van der Waals surface area contributed by atoms with Gasteiger partial charge >= 0.3 is 0 Å². The van der Waals surface area contributed by atoms with Crippen molar-refractivity contribution in [1.29, 1.82) is 5.26 Å². The number of nitrogens with one attached hydrogen (secondary N) is 1. The second kappa shape index (κ2) is 12.3. The highest BCUT2D eigenvalue weighted by Gasteiger charge is 2.23. The van der Waals surface area contributed by atoms with Crippen molar-refractivity contribution in [2.24, 2.45) is 0 Å². The fourth-order valence-corrected chi connectivity index (χ4v) is 4.93. The Morgan fingerprint density at radius 3 is 2.41 bits per heavy atom. The van der Waals surface area contributed by atoms with Crippen LogP contribution in [0.25, 0.3) is 6.08 Å². The first-order valence-corrected chi connectivity index (χ1v) is 12.4. The standard InChI is InChI=1S/C24H21BrCl3F2N3O/c25-19-11-14(1-3-17(23(29)30)15-12-20(26)22(28)21(27)13-15)2-4-18(19)24(34)32-16-5-8-33(9-6-16)10-7-31/h1-4,11-13,16-17,23H,5-6,8-10H2,(H,32,34)/b3-1+. The van der Waals surface area contributed by atoms with Gasteiger partial charge in [0.25, 0.3) is 5.91 Å². The van der Waals surface area contributed by atoms with Crippen molar-refractivity contribution in [3.8, 4) is 6.07 Å². The minimum Gasteiger partial charge on any atom is -0.349 e. The Balaban J connectivity index is 1.69. The molecule has 1 amide bonds. The van der Waals surface area contributed by atoms with Crippen molar-refractivity contribution >= 4 is 62.7 Å². The van der Waals surface area contributed by atoms with Gasteiger partial charge in [-0.25, -0.2) is 8.78 Å². The topological polar surface area (TPSA) is 56.1 Å². The second-order valence-corrected chi connectivity index (χ2v) is 9.99. The number of carbonyl (C=O) groups excluding carboxylic acids is 1. The third-order valence-electron chi connectivity index (χ3n) is 5.61. The molecule has 2 aromatic rings. The summed E-state index contributed by atoms with van der Waals surface area (Å²) >= 11 is 21.3. The molecule has 0 aromatic heterocycles. The summed E-state index contributed by atoms with van der Waals surface area (Å²) in [6, 6.07) is 9.98. The molecule has 1 heterocycles. The van der Waals surface area contributed by atoms with E-state index in [9.17, 15) is 13.6 Å². The summed E-state index contributed by atoms with van der Waals surface area (Å²) in [5.41, 5.74) is 1.35. The molecule has 0 spiro atoms. The summed E-state index contributed by atoms with van der Waals surface area (Å²) in [7, 11) is 0. The lowest BCUT2D eigenvalue weighted by Gasteiger charge is -2.30. The SMILES string of the molecule is N#CCN1CCC(NC(=O)c2ccc(/C=C/C(c3cc(Cl)c(Cl)c(Cl)c3)C(F)F)cc2Br)CC1. The third kappa shape index (κ3) is 6.93. The fraction of sp³-hybridized carbons (Fsp3) is 0.333. The van der Waals surface area contributed by atoms with E-state index in [1.807, 2.05) is 0 Å². The lowest BCUT2D eigenvalue weighted by atomic mass is 9.98. The van der Waals surface area contributed by atoms with Gasteiger partial charge in [-0.1, -0.05) is 53.0 Å². The Morgan fingerprint density at radius 2 is 1.85 bits per heavy atom. The predicted octanol–water partition coefficient (Wildman–Crippen LogP) is 7.19. The molecule has 1 aliphatic rings. The number of alkyl halides is 2. The molecular weight excluding hydrogens is 571 g/mol. The minimum atomic E-state index is -2.68. The van der Waals surface area contributed by atoms with E-state index in [0.29, 0.717) is 22.1 Å². The number of hydrogen-bond acceptors (Lipinski definition) is 3. The van der Waals surface area contributed by atoms with Crippen LogP contribution in [0.2, 0.25) is 15.1 Å². The monoisotopic (exact) mass is 589 g/mol. The smallest absolute Gasteiger partial charge is 0.252 e. The average Bonchev–Trinajstić information content (AvgIpc) is 2.78. The zero-order valence-corrected chi connectivity index (χ0v) is 21.7. The number of likely N-dealkylation sites (tertiary alicyclic amines) is 1. The lowest BCUT2D eigenvalue weighted by Crippen LogP contribution is -2.44. The molecule has 3 rings (SSSR count). The zero-order chi connectivity index (χ0) is 24.8. The van der Waals surface area contributed by atoms with Crippen molar-refractivity contribution in [3.63, 3.8) is 0 Å². The highest BCUT2D eigenvalue weighted by molar-refractivity contribution is 9.10. The van der Waals surface area contributed by atoms with Gasteiger partial charge in [-0.15, -0.1) is 0 Å². The number of nitrogens with zero attached hydrogens (tertiary/aromatic N) is 2. The highest BCUT2D eigenvalue weighted by Crippen LogP contribution is 2.36. The number of piperidine rings is 1. The molecule has 10 heteroatoms. The maximum absolute atomic E-state index is 13.7. The normalized spacial score (nSPS) is 16.1. The zero-order valence-electron chi connectivity index (χ0n) is 17.9. The van der Waals surface area contributed by atoms with Crippen LogP contribution in [-0.4, -0.2) is 42.9 Å². The maximum Gasteiger partial charge on any atom is 0.252 e. The van der Waals surface area contributed by atoms with Crippen LogP contribution < -0.4 is 5.32 Å². The Morgan fingerprint density at radius 1 is 1.21 bits per heavy atom. The van der Waals surface area contributed by atoms with E-state index >= 15 is 0 Å². The summed E-state index contributed by atoms with van der Waals surface area (Å²) in [4.78, 5) is 14.8. The molecule has 1 fully saturated rings. The van der Waals surface area contributed by atoms with Gasteiger partial charge in [0.15, 0.2) is 0 Å². The van der Waals surface area contributed by atoms with Crippen LogP contribution >= 0.6 is 50.7 Å². The molecule has 0 aliphatic carbocycles. The molecule has 34 heavy (non-hydrogen) atoms. The molecule has 2 aromatic carbocycles. The Kier molecular flexibility index (Phi) is 9.75. The van der Waals surface area contributed by atoms with Gasteiger partial charge in [0.05, 0.1) is 39.2 Å². The Hall–Kier alpha value is -1.69. The first-order chi connectivity index (χ1) is 16.2. The third-order valence-corrected chi connectivity index (χ3v) is 7.47. The summed E-state index contributed by atoms with van der Waals surface area (Å²) < 4.78 is 28.0. The lowest BCUT2D eigenvalue weighted by molar-refractivity contribution is 0.0913. The predicted molar refractivity (Wildman–Crippen MR) is 136 cm³/mol. The maximum atomic E-state index is 13.7. The molecule has 180 valence electrons. The number of carbonyl (C=O) groups is 1. The van der Waals surface area contributed by atoms with Crippen LogP contribution in [0.15, 0.2) is 40.9 Å². The summed E-state index contributed by atoms with van der Waals surface area (Å²) in [6.07, 6.45) is 1.80. The van der Waals surface area contributed by atoms with Gasteiger partial charge < -0.3 is 5.32 Å². The van der Waals surface area contributed by atoms with E-state index in [0.717, 1.165) is 25.9 Å². The van der Waals surface area contributed by atoms with E-state index in [2.05, 4.69) is 32.2 Å². The fourth-order valence-electron chi connectivity index (χ4n) is 3.74. The quantitative estimate of drug-likeness (QED) is 0.274. The van der Waals surface area contributed by atoms with Gasteiger partial charge in [0.1, 0.15) is 0 Å². The van der Waals surface area contributed by atoms with Crippen molar-refractivity contribution in [1.82, 2.24) is 10.2 Å². The summed E-state index contributed by atoms with van der Waals surface area (Å²) in [5.74, 6) is -1.45. The number of nitriles is 1. The van der Waals surface area contributed by atoms with Gasteiger partial charge in [-0.3, -0.25) is 9.69 Å². The second-order valence-electron chi connectivity index (χ2n) is 7.94. The number of benzene rings is 2. The van der Waals surface area contributed by atoms with E-state index < -0.39 is 12.3 Å². The average molecular weight is 592 g/mol. The van der Waals surface area contributed by atoms with Crippen molar-refractivity contribution < 1.29 is 13.6 Å². The molecular formula is C24H21BrCl3F2N3O. The molecule has 4 nitrogen and oxygen atoms in total. The molecule has 1 unspecified atom stereocenters. The molecule has 1 saturated heterocycles. The van der Waals surface area contributed by atoms with Crippen LogP contribution in [0.5, 0.6) is 0 Å². The van der Waals surface area contributed by atoms with Gasteiger partial charge in [0, 0.05) is 23.6 Å². The summed E-state index contributed by atoms with van der Waals surface area (Å²) in [5, 5.41) is 12.2. The van der Waals surface area contributed by atoms with E-state index in [-0.39, 0.29) is 32.6 Å². The van der Waals surface area contributed by atoms with E-state index in [1.54, 1.807) is 24.3 Å². The van der Waals surface area contributed by atoms with E-state index in [4.69, 9.17) is 40.1 Å². The van der Waals surface area contributed by atoms with Crippen molar-refractivity contribution in [3.05, 3.63) is 72.6 Å². The van der Waals surface area contributed by atoms with Crippen LogP contribution in [0.1, 0.15) is 40.2 Å². The van der Waals surface area contributed by atoms with Gasteiger partial charge in [0.2, 0.25) is 6.43 Å². The first kappa shape index (κ1) is 26.9. The van der Waals surface area contributed by atoms with Crippen LogP contribution in [-0.2, 0) is 0 Å². The molecule has 0 bridgehead atoms. The van der Waals surface area contributed by atoms with Gasteiger partial charge in [-0.05, 0) is 64.2 Å². The minimum absolute atomic E-state index is 0.0405. The molecule has 1 N–H and O–H groups in total. The number of hydrogen-bond donors (Lipinski definition) is 1. The van der Waals surface area contributed by atoms with Crippen LogP contribution in [0.3, 0.4) is 0 Å². The van der Waals surface area contributed by atoms with Crippen molar-refractivity contribution in [2.45, 2.75) is 31.2 Å². The Bertz CT molecular complexity index is 1090. The molecule has 1 atom stereocenters. The summed E-state index contributed by atoms with van der Waals surface area (Å²) in [6.45, 7) is 1.92. The molecule has 0 saturated carbocycles. The van der Waals surface area contributed by atoms with Crippen LogP contribution in [0.4, 0.5) is 8.78 Å². The first-order valence-electron chi connectivity index (χ1n) is 10.5. The molecule has 0 radical (unpaired) electrons. The Labute approximate surface area is 220 Å². The number of amides is 1. The number of rotatable bonds is 7. The number of allylic oxidation sites excluding steroid dienone is 1.